The predicted molar refractivity (Wildman–Crippen MR) is 129 cm³/mol. The number of phenolic OH excluding ortho intramolecular Hbond substituents is 1. The smallest absolute Gasteiger partial charge is 0.508 e. The molecule has 194 valence electrons. The second-order valence-electron chi connectivity index (χ2n) is 8.47. The number of carbonyl (C=O) groups is 1. The average molecular weight is 515 g/mol. The first-order chi connectivity index (χ1) is 17.7. The number of amides is 1. The maximum absolute atomic E-state index is 12.6. The monoisotopic (exact) mass is 514 g/mol. The van der Waals surface area contributed by atoms with Crippen molar-refractivity contribution in [1.82, 2.24) is 19.9 Å². The van der Waals surface area contributed by atoms with E-state index in [1.807, 2.05) is 4.57 Å². The van der Waals surface area contributed by atoms with Gasteiger partial charge in [0.1, 0.15) is 22.8 Å². The Bertz CT molecular complexity index is 1340. The van der Waals surface area contributed by atoms with Gasteiger partial charge in [-0.1, -0.05) is 24.3 Å². The topological polar surface area (TPSA) is 110 Å². The molecule has 0 bridgehead atoms. The number of aromatic nitrogens is 3. The highest BCUT2D eigenvalue weighted by molar-refractivity contribution is 5.77. The molecule has 4 aromatic rings. The van der Waals surface area contributed by atoms with Crippen LogP contribution in [0.2, 0.25) is 0 Å². The van der Waals surface area contributed by atoms with Crippen LogP contribution < -0.4 is 10.1 Å². The number of fused-ring (bicyclic) bond motifs is 1. The number of aliphatic hydroxyl groups excluding tert-OH is 1. The lowest BCUT2D eigenvalue weighted by Gasteiger charge is -2.16. The van der Waals surface area contributed by atoms with Crippen molar-refractivity contribution >= 4 is 17.1 Å². The van der Waals surface area contributed by atoms with Crippen molar-refractivity contribution in [2.75, 3.05) is 6.61 Å². The summed E-state index contributed by atoms with van der Waals surface area (Å²) in [4.78, 5) is 21.6. The molecule has 0 radical (unpaired) electrons. The third-order valence-electron chi connectivity index (χ3n) is 5.66. The van der Waals surface area contributed by atoms with Gasteiger partial charge in [-0.15, -0.1) is 13.2 Å². The molecule has 0 saturated heterocycles. The number of aryl methyl sites for hydroxylation is 1. The number of pyridine rings is 1. The fraction of sp³-hybridized carbons (Fsp3) is 0.269. The van der Waals surface area contributed by atoms with Gasteiger partial charge in [-0.25, -0.2) is 9.97 Å². The van der Waals surface area contributed by atoms with Gasteiger partial charge < -0.3 is 24.8 Å². The second-order valence-corrected chi connectivity index (χ2v) is 8.47. The van der Waals surface area contributed by atoms with Gasteiger partial charge in [0, 0.05) is 19.0 Å². The van der Waals surface area contributed by atoms with Crippen LogP contribution in [0.4, 0.5) is 13.2 Å². The van der Waals surface area contributed by atoms with Gasteiger partial charge in [0.05, 0.1) is 19.2 Å². The van der Waals surface area contributed by atoms with E-state index < -0.39 is 12.4 Å². The second kappa shape index (κ2) is 11.3. The number of benzene rings is 2. The number of halogens is 3. The summed E-state index contributed by atoms with van der Waals surface area (Å²) in [5.74, 6) is 0.153. The van der Waals surface area contributed by atoms with Crippen LogP contribution in [0.25, 0.3) is 11.2 Å². The summed E-state index contributed by atoms with van der Waals surface area (Å²) in [6.45, 7) is 0.0416. The number of hydrogen-bond acceptors (Lipinski definition) is 6. The fourth-order valence-electron chi connectivity index (χ4n) is 3.94. The first-order valence-corrected chi connectivity index (χ1v) is 11.5. The van der Waals surface area contributed by atoms with Crippen molar-refractivity contribution in [2.45, 2.75) is 38.2 Å². The molecule has 11 heteroatoms. The molecule has 0 aliphatic heterocycles. The molecule has 1 atom stereocenters. The molecule has 3 N–H and O–H groups in total. The first-order valence-electron chi connectivity index (χ1n) is 11.5. The molecule has 2 aromatic heterocycles. The molecule has 0 saturated carbocycles. The van der Waals surface area contributed by atoms with Crippen LogP contribution in [0.1, 0.15) is 23.4 Å². The van der Waals surface area contributed by atoms with Gasteiger partial charge in [0.25, 0.3) is 0 Å². The molecular formula is C26H25F3N4O4. The standard InChI is InChI=1S/C26H25F3N4O4/c27-26(28,29)37-21-9-5-18(6-10-21)15-33-23(32-22-2-1-13-30-25(22)33)11-12-24(36)31-19(16-34)14-17-3-7-20(35)8-4-17/h1-10,13,19,34-35H,11-12,14-16H2,(H,31,36)/t19-/m0/s1. The van der Waals surface area contributed by atoms with Crippen molar-refractivity contribution in [1.29, 1.82) is 0 Å². The van der Waals surface area contributed by atoms with Crippen molar-refractivity contribution in [3.63, 3.8) is 0 Å². The molecular weight excluding hydrogens is 489 g/mol. The highest BCUT2D eigenvalue weighted by atomic mass is 19.4. The number of nitrogens with zero attached hydrogens (tertiary/aromatic N) is 3. The van der Waals surface area contributed by atoms with Gasteiger partial charge in [0.15, 0.2) is 5.65 Å². The van der Waals surface area contributed by atoms with Crippen LogP contribution in [0.5, 0.6) is 11.5 Å². The van der Waals surface area contributed by atoms with E-state index in [9.17, 15) is 28.2 Å². The maximum atomic E-state index is 12.6. The predicted octanol–water partition coefficient (Wildman–Crippen LogP) is 3.74. The summed E-state index contributed by atoms with van der Waals surface area (Å²) in [5.41, 5.74) is 2.79. The molecule has 1 amide bonds. The van der Waals surface area contributed by atoms with Crippen molar-refractivity contribution in [2.24, 2.45) is 0 Å². The lowest BCUT2D eigenvalue weighted by Crippen LogP contribution is -2.39. The Kier molecular flexibility index (Phi) is 7.92. The van der Waals surface area contributed by atoms with Crippen molar-refractivity contribution < 1.29 is 32.9 Å². The number of aromatic hydroxyl groups is 1. The molecule has 8 nitrogen and oxygen atoms in total. The van der Waals surface area contributed by atoms with Crippen LogP contribution >= 0.6 is 0 Å². The van der Waals surface area contributed by atoms with E-state index in [2.05, 4.69) is 20.0 Å². The Morgan fingerprint density at radius 2 is 1.76 bits per heavy atom. The lowest BCUT2D eigenvalue weighted by atomic mass is 10.1. The van der Waals surface area contributed by atoms with Crippen LogP contribution in [0.3, 0.4) is 0 Å². The average Bonchev–Trinajstić information content (AvgIpc) is 3.21. The Hall–Kier alpha value is -4.12. The number of ether oxygens (including phenoxy) is 1. The van der Waals surface area contributed by atoms with Gasteiger partial charge >= 0.3 is 6.36 Å². The zero-order valence-electron chi connectivity index (χ0n) is 19.7. The number of alkyl halides is 3. The highest BCUT2D eigenvalue weighted by Crippen LogP contribution is 2.24. The quantitative estimate of drug-likeness (QED) is 0.298. The molecule has 0 aliphatic carbocycles. The number of phenols is 1. The number of imidazole rings is 1. The summed E-state index contributed by atoms with van der Waals surface area (Å²) >= 11 is 0. The van der Waals surface area contributed by atoms with E-state index >= 15 is 0 Å². The molecule has 0 fully saturated rings. The minimum atomic E-state index is -4.77. The molecule has 0 spiro atoms. The molecule has 0 unspecified atom stereocenters. The number of nitrogens with one attached hydrogen (secondary N) is 1. The fourth-order valence-corrected chi connectivity index (χ4v) is 3.94. The van der Waals surface area contributed by atoms with Gasteiger partial charge in [-0.2, -0.15) is 0 Å². The first kappa shape index (κ1) is 26.0. The minimum absolute atomic E-state index is 0.105. The summed E-state index contributed by atoms with van der Waals surface area (Å²) < 4.78 is 43.1. The van der Waals surface area contributed by atoms with Gasteiger partial charge in [0.2, 0.25) is 5.91 Å². The number of carbonyl (C=O) groups excluding carboxylic acids is 1. The Morgan fingerprint density at radius 1 is 1.05 bits per heavy atom. The molecule has 0 aliphatic rings. The SMILES string of the molecule is O=C(CCc1nc2cccnc2n1Cc1ccc(OC(F)(F)F)cc1)N[C@H](CO)Cc1ccc(O)cc1. The van der Waals surface area contributed by atoms with Crippen LogP contribution in [-0.4, -0.2) is 49.7 Å². The number of aliphatic hydroxyl groups is 1. The maximum Gasteiger partial charge on any atom is 0.573 e. The summed E-state index contributed by atoms with van der Waals surface area (Å²) in [6, 6.07) is 15.1. The Labute approximate surface area is 210 Å². The Morgan fingerprint density at radius 3 is 2.43 bits per heavy atom. The van der Waals surface area contributed by atoms with E-state index in [1.54, 1.807) is 42.6 Å². The number of hydrogen-bond donors (Lipinski definition) is 3. The summed E-state index contributed by atoms with van der Waals surface area (Å²) in [7, 11) is 0. The largest absolute Gasteiger partial charge is 0.573 e. The van der Waals surface area contributed by atoms with Gasteiger partial charge in [-0.3, -0.25) is 4.79 Å². The summed E-state index contributed by atoms with van der Waals surface area (Å²) in [5, 5.41) is 21.9. The molecule has 2 aromatic carbocycles. The third-order valence-corrected chi connectivity index (χ3v) is 5.66. The van der Waals surface area contributed by atoms with Gasteiger partial charge in [-0.05, 0) is 53.9 Å². The highest BCUT2D eigenvalue weighted by Gasteiger charge is 2.31. The van der Waals surface area contributed by atoms with Crippen molar-refractivity contribution in [3.8, 4) is 11.5 Å². The van der Waals surface area contributed by atoms with Crippen molar-refractivity contribution in [3.05, 3.63) is 83.8 Å². The van der Waals surface area contributed by atoms with E-state index in [0.29, 0.717) is 29.0 Å². The minimum Gasteiger partial charge on any atom is -0.508 e. The Balaban J connectivity index is 1.43. The molecule has 2 heterocycles. The van der Waals surface area contributed by atoms with E-state index in [0.717, 1.165) is 5.56 Å². The lowest BCUT2D eigenvalue weighted by molar-refractivity contribution is -0.274. The number of rotatable bonds is 10. The summed E-state index contributed by atoms with van der Waals surface area (Å²) in [6.07, 6.45) is -2.35. The van der Waals surface area contributed by atoms with E-state index in [-0.39, 0.29) is 43.4 Å². The third kappa shape index (κ3) is 7.20. The van der Waals surface area contributed by atoms with Crippen LogP contribution in [0.15, 0.2) is 66.9 Å². The van der Waals surface area contributed by atoms with Crippen LogP contribution in [0, 0.1) is 0 Å². The van der Waals surface area contributed by atoms with E-state index in [1.165, 1.54) is 24.3 Å². The normalized spacial score (nSPS) is 12.4. The molecule has 37 heavy (non-hydrogen) atoms. The zero-order valence-corrected chi connectivity index (χ0v) is 19.7. The van der Waals surface area contributed by atoms with Crippen LogP contribution in [-0.2, 0) is 24.2 Å². The van der Waals surface area contributed by atoms with E-state index in [4.69, 9.17) is 0 Å². The zero-order chi connectivity index (χ0) is 26.4. The molecule has 4 rings (SSSR count).